The third-order valence-electron chi connectivity index (χ3n) is 3.09. The summed E-state index contributed by atoms with van der Waals surface area (Å²) in [6.45, 7) is 3.89. The lowest BCUT2D eigenvalue weighted by molar-refractivity contribution is -0.0896. The summed E-state index contributed by atoms with van der Waals surface area (Å²) < 4.78 is 11.2. The molecule has 0 N–H and O–H groups in total. The maximum atomic E-state index is 6.01. The standard InChI is InChI=1S/C14H14ClNO2/c1-9-6-12(14-8-17-4-5-18-14)11-3-2-10(15)7-13(11)16-9/h2-3,6-7,14H,4-5,8H2,1H3. The minimum atomic E-state index is -0.0101. The predicted octanol–water partition coefficient (Wildman–Crippen LogP) is 3.28. The van der Waals surface area contributed by atoms with Crippen molar-refractivity contribution in [3.63, 3.8) is 0 Å². The number of aryl methyl sites for hydroxylation is 1. The first-order valence-electron chi connectivity index (χ1n) is 6.00. The third kappa shape index (κ3) is 2.21. The van der Waals surface area contributed by atoms with Gasteiger partial charge in [-0.2, -0.15) is 0 Å². The lowest BCUT2D eigenvalue weighted by atomic mass is 10.0. The van der Waals surface area contributed by atoms with E-state index in [0.717, 1.165) is 22.2 Å². The number of fused-ring (bicyclic) bond motifs is 1. The average molecular weight is 264 g/mol. The third-order valence-corrected chi connectivity index (χ3v) is 3.33. The Morgan fingerprint density at radius 1 is 1.28 bits per heavy atom. The van der Waals surface area contributed by atoms with E-state index < -0.39 is 0 Å². The van der Waals surface area contributed by atoms with Gasteiger partial charge in [0.25, 0.3) is 0 Å². The van der Waals surface area contributed by atoms with Crippen LogP contribution in [0.2, 0.25) is 5.02 Å². The molecule has 0 aliphatic carbocycles. The molecule has 1 aromatic carbocycles. The molecule has 1 aliphatic rings. The molecule has 1 unspecified atom stereocenters. The molecule has 0 amide bonds. The van der Waals surface area contributed by atoms with Crippen LogP contribution in [0.15, 0.2) is 24.3 Å². The molecule has 0 radical (unpaired) electrons. The molecular weight excluding hydrogens is 250 g/mol. The Morgan fingerprint density at radius 2 is 2.17 bits per heavy atom. The Balaban J connectivity index is 2.14. The van der Waals surface area contributed by atoms with Crippen LogP contribution in [-0.4, -0.2) is 24.8 Å². The van der Waals surface area contributed by atoms with Gasteiger partial charge in [0.2, 0.25) is 0 Å². The van der Waals surface area contributed by atoms with Crippen molar-refractivity contribution in [3.8, 4) is 0 Å². The van der Waals surface area contributed by atoms with Crippen molar-refractivity contribution in [1.82, 2.24) is 4.98 Å². The van der Waals surface area contributed by atoms with Crippen LogP contribution in [0.3, 0.4) is 0 Å². The van der Waals surface area contributed by atoms with Gasteiger partial charge in [-0.05, 0) is 30.7 Å². The summed E-state index contributed by atoms with van der Waals surface area (Å²) in [5.74, 6) is 0. The van der Waals surface area contributed by atoms with Gasteiger partial charge in [-0.25, -0.2) is 0 Å². The molecule has 0 bridgehead atoms. The zero-order chi connectivity index (χ0) is 12.5. The molecule has 3 rings (SSSR count). The minimum absolute atomic E-state index is 0.0101. The molecule has 0 saturated carbocycles. The number of hydrogen-bond donors (Lipinski definition) is 0. The van der Waals surface area contributed by atoms with Gasteiger partial charge >= 0.3 is 0 Å². The Hall–Kier alpha value is -1.16. The van der Waals surface area contributed by atoms with Crippen molar-refractivity contribution in [2.45, 2.75) is 13.0 Å². The van der Waals surface area contributed by atoms with E-state index in [1.165, 1.54) is 0 Å². The summed E-state index contributed by atoms with van der Waals surface area (Å²) in [4.78, 5) is 4.51. The van der Waals surface area contributed by atoms with Crippen molar-refractivity contribution < 1.29 is 9.47 Å². The first-order chi connectivity index (χ1) is 8.74. The molecule has 1 atom stereocenters. The lowest BCUT2D eigenvalue weighted by Gasteiger charge is -2.24. The Morgan fingerprint density at radius 3 is 2.94 bits per heavy atom. The van der Waals surface area contributed by atoms with Gasteiger partial charge in [0.1, 0.15) is 6.10 Å². The molecule has 1 aliphatic heterocycles. The van der Waals surface area contributed by atoms with E-state index in [9.17, 15) is 0 Å². The smallest absolute Gasteiger partial charge is 0.107 e. The highest BCUT2D eigenvalue weighted by atomic mass is 35.5. The normalized spacial score (nSPS) is 20.2. The zero-order valence-corrected chi connectivity index (χ0v) is 10.9. The molecule has 18 heavy (non-hydrogen) atoms. The van der Waals surface area contributed by atoms with Crippen LogP contribution in [0, 0.1) is 6.92 Å². The van der Waals surface area contributed by atoms with Crippen LogP contribution >= 0.6 is 11.6 Å². The molecule has 1 saturated heterocycles. The largest absolute Gasteiger partial charge is 0.376 e. The number of ether oxygens (including phenoxy) is 2. The van der Waals surface area contributed by atoms with Crippen LogP contribution in [0.4, 0.5) is 0 Å². The molecule has 0 spiro atoms. The number of aromatic nitrogens is 1. The van der Waals surface area contributed by atoms with Crippen LogP contribution in [0.5, 0.6) is 0 Å². The fraction of sp³-hybridized carbons (Fsp3) is 0.357. The fourth-order valence-electron chi connectivity index (χ4n) is 2.30. The fourth-order valence-corrected chi connectivity index (χ4v) is 2.47. The maximum absolute atomic E-state index is 6.01. The maximum Gasteiger partial charge on any atom is 0.107 e. The summed E-state index contributed by atoms with van der Waals surface area (Å²) in [6, 6.07) is 7.83. The second kappa shape index (κ2) is 4.84. The van der Waals surface area contributed by atoms with Crippen LogP contribution in [-0.2, 0) is 9.47 Å². The van der Waals surface area contributed by atoms with E-state index in [4.69, 9.17) is 21.1 Å². The van der Waals surface area contributed by atoms with Gasteiger partial charge in [-0.15, -0.1) is 0 Å². The van der Waals surface area contributed by atoms with E-state index in [0.29, 0.717) is 24.8 Å². The summed E-state index contributed by atoms with van der Waals surface area (Å²) in [5, 5.41) is 1.79. The van der Waals surface area contributed by atoms with Gasteiger partial charge in [-0.3, -0.25) is 4.98 Å². The van der Waals surface area contributed by atoms with Gasteiger partial charge in [-0.1, -0.05) is 17.7 Å². The van der Waals surface area contributed by atoms with Gasteiger partial charge in [0, 0.05) is 16.1 Å². The zero-order valence-electron chi connectivity index (χ0n) is 10.1. The number of hydrogen-bond acceptors (Lipinski definition) is 3. The number of benzene rings is 1. The lowest BCUT2D eigenvalue weighted by Crippen LogP contribution is -2.22. The molecule has 1 aromatic heterocycles. The van der Waals surface area contributed by atoms with E-state index >= 15 is 0 Å². The molecule has 2 aromatic rings. The number of rotatable bonds is 1. The quantitative estimate of drug-likeness (QED) is 0.791. The number of halogens is 1. The second-order valence-electron chi connectivity index (χ2n) is 4.45. The summed E-state index contributed by atoms with van der Waals surface area (Å²) >= 11 is 6.01. The predicted molar refractivity (Wildman–Crippen MR) is 71.0 cm³/mol. The molecular formula is C14H14ClNO2. The van der Waals surface area contributed by atoms with Gasteiger partial charge in [0.15, 0.2) is 0 Å². The van der Waals surface area contributed by atoms with Gasteiger partial charge < -0.3 is 9.47 Å². The number of nitrogens with zero attached hydrogens (tertiary/aromatic N) is 1. The van der Waals surface area contributed by atoms with Crippen molar-refractivity contribution in [2.24, 2.45) is 0 Å². The SMILES string of the molecule is Cc1cc(C2COCCO2)c2ccc(Cl)cc2n1. The topological polar surface area (TPSA) is 31.4 Å². The molecule has 1 fully saturated rings. The average Bonchev–Trinajstić information content (AvgIpc) is 2.38. The second-order valence-corrected chi connectivity index (χ2v) is 4.89. The van der Waals surface area contributed by atoms with E-state index in [1.807, 2.05) is 25.1 Å². The van der Waals surface area contributed by atoms with Crippen molar-refractivity contribution >= 4 is 22.5 Å². The number of pyridine rings is 1. The Labute approximate surface area is 111 Å². The Kier molecular flexibility index (Phi) is 3.20. The van der Waals surface area contributed by atoms with Crippen molar-refractivity contribution in [2.75, 3.05) is 19.8 Å². The van der Waals surface area contributed by atoms with E-state index in [-0.39, 0.29) is 6.10 Å². The highest BCUT2D eigenvalue weighted by Crippen LogP contribution is 2.29. The molecule has 94 valence electrons. The summed E-state index contributed by atoms with van der Waals surface area (Å²) in [6.07, 6.45) is -0.0101. The molecule has 3 nitrogen and oxygen atoms in total. The Bertz CT molecular complexity index is 574. The first-order valence-corrected chi connectivity index (χ1v) is 6.38. The monoisotopic (exact) mass is 263 g/mol. The minimum Gasteiger partial charge on any atom is -0.376 e. The van der Waals surface area contributed by atoms with Gasteiger partial charge in [0.05, 0.1) is 25.3 Å². The van der Waals surface area contributed by atoms with Crippen LogP contribution in [0.1, 0.15) is 17.4 Å². The van der Waals surface area contributed by atoms with Crippen LogP contribution in [0.25, 0.3) is 10.9 Å². The summed E-state index contributed by atoms with van der Waals surface area (Å²) in [7, 11) is 0. The van der Waals surface area contributed by atoms with E-state index in [1.54, 1.807) is 0 Å². The van der Waals surface area contributed by atoms with Crippen molar-refractivity contribution in [1.29, 1.82) is 0 Å². The van der Waals surface area contributed by atoms with Crippen LogP contribution < -0.4 is 0 Å². The van der Waals surface area contributed by atoms with E-state index in [2.05, 4.69) is 11.1 Å². The van der Waals surface area contributed by atoms with Crippen molar-refractivity contribution in [3.05, 3.63) is 40.5 Å². The first kappa shape index (κ1) is 11.9. The highest BCUT2D eigenvalue weighted by molar-refractivity contribution is 6.31. The molecule has 4 heteroatoms. The molecule has 2 heterocycles. The highest BCUT2D eigenvalue weighted by Gasteiger charge is 2.19. The summed E-state index contributed by atoms with van der Waals surface area (Å²) in [5.41, 5.74) is 3.01.